The van der Waals surface area contributed by atoms with Crippen LogP contribution in [-0.4, -0.2) is 19.8 Å². The molecule has 0 atom stereocenters. The van der Waals surface area contributed by atoms with Crippen molar-refractivity contribution in [2.45, 2.75) is 23.3 Å². The van der Waals surface area contributed by atoms with Gasteiger partial charge in [-0.15, -0.1) is 24.8 Å². The van der Waals surface area contributed by atoms with Crippen LogP contribution in [0, 0.1) is 0 Å². The number of ether oxygens (including phenoxy) is 1. The van der Waals surface area contributed by atoms with Crippen molar-refractivity contribution < 1.29 is 39.5 Å². The Hall–Kier alpha value is -0.940. The summed E-state index contributed by atoms with van der Waals surface area (Å²) in [6.07, 6.45) is -10.6. The van der Waals surface area contributed by atoms with Crippen LogP contribution < -0.4 is 4.74 Å². The summed E-state index contributed by atoms with van der Waals surface area (Å²) >= 11 is 5.19. The molecule has 0 amide bonds. The fourth-order valence-electron chi connectivity index (χ4n) is 1.21. The zero-order valence-corrected chi connectivity index (χ0v) is 11.7. The maximum absolute atomic E-state index is 12.7. The normalized spacial score (nSPS) is 13.3. The molecule has 1 aromatic heterocycles. The van der Waals surface area contributed by atoms with E-state index in [1.165, 1.54) is 0 Å². The third kappa shape index (κ3) is 4.78. The molecule has 0 saturated heterocycles. The summed E-state index contributed by atoms with van der Waals surface area (Å²) in [6.45, 7) is 0. The molecule has 0 bridgehead atoms. The molecule has 0 aliphatic rings. The number of hydrogen-bond acceptors (Lipinski definition) is 4. The molecule has 1 rings (SSSR count). The van der Waals surface area contributed by atoms with E-state index in [4.69, 9.17) is 22.3 Å². The highest BCUT2D eigenvalue weighted by atomic mass is 35.7. The molecule has 0 aliphatic carbocycles. The van der Waals surface area contributed by atoms with Crippen molar-refractivity contribution in [3.8, 4) is 5.75 Å². The van der Waals surface area contributed by atoms with E-state index in [0.717, 1.165) is 0 Å². The lowest BCUT2D eigenvalue weighted by atomic mass is 10.3. The van der Waals surface area contributed by atoms with Crippen molar-refractivity contribution in [3.05, 3.63) is 17.5 Å². The Labute approximate surface area is 123 Å². The van der Waals surface area contributed by atoms with E-state index in [1.54, 1.807) is 0 Å². The first-order valence-corrected chi connectivity index (χ1v) is 7.47. The first kappa shape index (κ1) is 18.1. The predicted octanol–water partition coefficient (Wildman–Crippen LogP) is 3.67. The summed E-state index contributed by atoms with van der Waals surface area (Å²) in [4.78, 5) is 1.11. The van der Waals surface area contributed by atoms with E-state index < -0.39 is 49.5 Å². The van der Waals surface area contributed by atoms with Crippen LogP contribution in [0.1, 0.15) is 11.4 Å². The second-order valence-electron chi connectivity index (χ2n) is 3.40. The van der Waals surface area contributed by atoms with Crippen LogP contribution in [0.2, 0.25) is 0 Å². The van der Waals surface area contributed by atoms with Gasteiger partial charge >= 0.3 is 12.5 Å². The van der Waals surface area contributed by atoms with Crippen LogP contribution in [0.5, 0.6) is 5.75 Å². The molecular formula is C8H3Cl2F6NO3S. The zero-order chi connectivity index (χ0) is 16.6. The Morgan fingerprint density at radius 1 is 1.19 bits per heavy atom. The molecule has 0 aliphatic heterocycles. The minimum Gasteiger partial charge on any atom is -0.404 e. The Kier molecular flexibility index (Phi) is 4.91. The van der Waals surface area contributed by atoms with Gasteiger partial charge in [-0.2, -0.15) is 13.2 Å². The third-order valence-electron chi connectivity index (χ3n) is 1.91. The molecule has 0 radical (unpaired) electrons. The Morgan fingerprint density at radius 3 is 2.05 bits per heavy atom. The van der Waals surface area contributed by atoms with Gasteiger partial charge in [0, 0.05) is 16.7 Å². The lowest BCUT2D eigenvalue weighted by molar-refractivity contribution is -0.275. The van der Waals surface area contributed by atoms with E-state index >= 15 is 0 Å². The smallest absolute Gasteiger partial charge is 0.404 e. The first-order chi connectivity index (χ1) is 9.25. The van der Waals surface area contributed by atoms with E-state index in [-0.39, 0.29) is 6.07 Å². The quantitative estimate of drug-likeness (QED) is 0.458. The lowest BCUT2D eigenvalue weighted by Crippen LogP contribution is -2.21. The molecule has 0 spiro atoms. The van der Waals surface area contributed by atoms with Crippen molar-refractivity contribution in [3.63, 3.8) is 0 Å². The number of pyridine rings is 1. The molecule has 1 heterocycles. The van der Waals surface area contributed by atoms with Crippen molar-refractivity contribution in [2.24, 2.45) is 0 Å². The average molecular weight is 378 g/mol. The maximum Gasteiger partial charge on any atom is 0.573 e. The molecule has 13 heteroatoms. The molecule has 0 N–H and O–H groups in total. The summed E-state index contributed by atoms with van der Waals surface area (Å²) in [6, 6.07) is -0.0244. The third-order valence-corrected chi connectivity index (χ3v) is 3.50. The van der Waals surface area contributed by atoms with Gasteiger partial charge in [-0.25, -0.2) is 13.4 Å². The molecule has 120 valence electrons. The van der Waals surface area contributed by atoms with Gasteiger partial charge in [0.05, 0.1) is 11.6 Å². The number of alkyl halides is 7. The molecule has 0 saturated carbocycles. The summed E-state index contributed by atoms with van der Waals surface area (Å²) in [5.41, 5.74) is -2.92. The summed E-state index contributed by atoms with van der Waals surface area (Å²) in [7, 11) is -0.249. The number of aromatic nitrogens is 1. The maximum atomic E-state index is 12.7. The number of nitrogens with zero attached hydrogens (tertiary/aromatic N) is 1. The van der Waals surface area contributed by atoms with Crippen molar-refractivity contribution in [1.29, 1.82) is 0 Å². The number of hydrogen-bond donors (Lipinski definition) is 0. The minimum absolute atomic E-state index is 0.0244. The van der Waals surface area contributed by atoms with Gasteiger partial charge in [-0.1, -0.05) is 0 Å². The monoisotopic (exact) mass is 377 g/mol. The van der Waals surface area contributed by atoms with Crippen molar-refractivity contribution >= 4 is 31.3 Å². The van der Waals surface area contributed by atoms with Gasteiger partial charge in [0.1, 0.15) is 4.90 Å². The molecular weight excluding hydrogens is 375 g/mol. The van der Waals surface area contributed by atoms with E-state index in [1.807, 2.05) is 0 Å². The number of halogens is 8. The Bertz CT molecular complexity index is 643. The van der Waals surface area contributed by atoms with Crippen LogP contribution in [0.3, 0.4) is 0 Å². The number of rotatable bonds is 3. The highest BCUT2D eigenvalue weighted by molar-refractivity contribution is 8.13. The van der Waals surface area contributed by atoms with Crippen LogP contribution in [0.4, 0.5) is 26.3 Å². The van der Waals surface area contributed by atoms with Crippen LogP contribution in [-0.2, 0) is 21.1 Å². The minimum atomic E-state index is -5.28. The SMILES string of the molecule is O=S(=O)(Cl)c1cc(OC(F)(F)F)c(CCl)nc1C(F)(F)F. The molecule has 1 aromatic rings. The van der Waals surface area contributed by atoms with Gasteiger partial charge < -0.3 is 4.74 Å². The van der Waals surface area contributed by atoms with E-state index in [2.05, 4.69) is 9.72 Å². The largest absolute Gasteiger partial charge is 0.573 e. The first-order valence-electron chi connectivity index (χ1n) is 4.63. The Morgan fingerprint density at radius 2 is 1.71 bits per heavy atom. The van der Waals surface area contributed by atoms with Gasteiger partial charge in [0.2, 0.25) is 0 Å². The van der Waals surface area contributed by atoms with Crippen molar-refractivity contribution in [1.82, 2.24) is 4.98 Å². The average Bonchev–Trinajstić information content (AvgIpc) is 2.23. The van der Waals surface area contributed by atoms with Gasteiger partial charge in [0.25, 0.3) is 9.05 Å². The fraction of sp³-hybridized carbons (Fsp3) is 0.375. The van der Waals surface area contributed by atoms with Gasteiger partial charge in [0.15, 0.2) is 11.4 Å². The lowest BCUT2D eigenvalue weighted by Gasteiger charge is -2.16. The molecule has 21 heavy (non-hydrogen) atoms. The molecule has 4 nitrogen and oxygen atoms in total. The topological polar surface area (TPSA) is 56.3 Å². The van der Waals surface area contributed by atoms with Crippen LogP contribution >= 0.6 is 22.3 Å². The fourth-order valence-corrected chi connectivity index (χ4v) is 2.40. The van der Waals surface area contributed by atoms with Gasteiger partial charge in [-0.05, 0) is 0 Å². The van der Waals surface area contributed by atoms with E-state index in [0.29, 0.717) is 0 Å². The van der Waals surface area contributed by atoms with Crippen LogP contribution in [0.25, 0.3) is 0 Å². The molecule has 0 aromatic carbocycles. The summed E-state index contributed by atoms with van der Waals surface area (Å²) in [5.74, 6) is -2.17. The zero-order valence-electron chi connectivity index (χ0n) is 9.39. The second-order valence-corrected chi connectivity index (χ2v) is 6.20. The second kappa shape index (κ2) is 5.69. The summed E-state index contributed by atoms with van der Waals surface area (Å²) in [5, 5.41) is 0. The van der Waals surface area contributed by atoms with Gasteiger partial charge in [-0.3, -0.25) is 0 Å². The standard InChI is InChI=1S/C8H3Cl2F6NO3S/c9-2-3-4(20-8(14,15)16)1-5(21(10,18)19)6(17-3)7(11,12)13/h1H,2H2. The molecule has 0 fully saturated rings. The van der Waals surface area contributed by atoms with E-state index in [9.17, 15) is 34.8 Å². The van der Waals surface area contributed by atoms with Crippen molar-refractivity contribution in [2.75, 3.05) is 0 Å². The van der Waals surface area contributed by atoms with Crippen LogP contribution in [0.15, 0.2) is 11.0 Å². The molecule has 0 unspecified atom stereocenters. The Balaban J connectivity index is 3.65. The highest BCUT2D eigenvalue weighted by Gasteiger charge is 2.41. The highest BCUT2D eigenvalue weighted by Crippen LogP contribution is 2.38. The predicted molar refractivity (Wildman–Crippen MR) is 58.5 cm³/mol. The summed E-state index contributed by atoms with van der Waals surface area (Å²) < 4.78 is 99.9.